The smallest absolute Gasteiger partial charge is 0.309 e. The van der Waals surface area contributed by atoms with Gasteiger partial charge in [-0.1, -0.05) is 148 Å². The van der Waals surface area contributed by atoms with Crippen molar-refractivity contribution in [3.63, 3.8) is 0 Å². The highest BCUT2D eigenvalue weighted by molar-refractivity contribution is 5.72. The predicted octanol–water partition coefficient (Wildman–Crippen LogP) is 10.1. The highest BCUT2D eigenvalue weighted by Gasteiger charge is 2.42. The quantitative estimate of drug-likeness (QED) is 0.0164. The minimum Gasteiger partial charge on any atom is -0.463 e. The van der Waals surface area contributed by atoms with Crippen molar-refractivity contribution in [3.8, 4) is 0 Å². The summed E-state index contributed by atoms with van der Waals surface area (Å²) in [5.41, 5.74) is 0. The van der Waals surface area contributed by atoms with Crippen molar-refractivity contribution in [1.29, 1.82) is 0 Å². The van der Waals surface area contributed by atoms with E-state index in [1.54, 1.807) is 6.08 Å². The van der Waals surface area contributed by atoms with E-state index in [4.69, 9.17) is 67.8 Å². The lowest BCUT2D eigenvalue weighted by Crippen LogP contribution is -2.43. The molecule has 0 aromatic heterocycles. The molecule has 19 nitrogen and oxygen atoms in total. The minimum atomic E-state index is -0.971. The Morgan fingerprint density at radius 2 is 1.02 bits per heavy atom. The fourth-order valence-electron chi connectivity index (χ4n) is 8.95. The number of allylic oxidation sites excluding steroid dienone is 2. The first kappa shape index (κ1) is 81.7. The van der Waals surface area contributed by atoms with Gasteiger partial charge in [-0.15, -0.1) is 0 Å². The summed E-state index contributed by atoms with van der Waals surface area (Å²) in [6.07, 6.45) is 35.5. The second-order valence-corrected chi connectivity index (χ2v) is 21.0. The number of rotatable bonds is 55. The lowest BCUT2D eigenvalue weighted by molar-refractivity contribution is -0.166. The predicted molar refractivity (Wildman–Crippen MR) is 323 cm³/mol. The molecule has 19 heteroatoms. The van der Waals surface area contributed by atoms with Crippen LogP contribution in [0.2, 0.25) is 0 Å². The Morgan fingerprint density at radius 3 is 1.54 bits per heavy atom. The Balaban J connectivity index is 0. The van der Waals surface area contributed by atoms with Crippen LogP contribution in [0.1, 0.15) is 215 Å². The number of carbonyl (C=O) groups excluding carboxylic acids is 4. The summed E-state index contributed by atoms with van der Waals surface area (Å²) in [4.78, 5) is 48.6. The second kappa shape index (κ2) is 60.4. The number of hydrogen-bond donors (Lipinski definition) is 5. The van der Waals surface area contributed by atoms with Gasteiger partial charge in [-0.25, -0.2) is 0 Å². The van der Waals surface area contributed by atoms with E-state index in [0.29, 0.717) is 32.5 Å². The molecule has 5 N–H and O–H groups in total. The normalized spacial score (nSPS) is 17.0. The molecule has 488 valence electrons. The fourth-order valence-corrected chi connectivity index (χ4v) is 8.95. The van der Waals surface area contributed by atoms with Gasteiger partial charge >= 0.3 is 23.9 Å². The van der Waals surface area contributed by atoms with Crippen molar-refractivity contribution < 1.29 is 92.1 Å². The number of hydrogen-bond acceptors (Lipinski definition) is 19. The van der Waals surface area contributed by atoms with Gasteiger partial charge in [-0.3, -0.25) is 19.2 Å². The Morgan fingerprint density at radius 1 is 0.542 bits per heavy atom. The molecule has 1 fully saturated rings. The van der Waals surface area contributed by atoms with Crippen molar-refractivity contribution in [3.05, 3.63) is 36.5 Å². The fraction of sp³-hybridized carbons (Fsp3) is 0.844. The summed E-state index contributed by atoms with van der Waals surface area (Å²) in [6.45, 7) is 8.49. The largest absolute Gasteiger partial charge is 0.463 e. The van der Waals surface area contributed by atoms with Crippen LogP contribution in [-0.4, -0.2) is 185 Å². The van der Waals surface area contributed by atoms with Crippen LogP contribution in [0.25, 0.3) is 0 Å². The standard InChI is InChI=1S/C52H94O12.C11H20O7.CH4/c1-4-6-8-22-31-47(60-42-39-54)33-24-18-14-10-12-16-20-26-35-50(56)62-44-49(45-63-51(57)36-29-28-30-46(3)59-41-38-53)64-52(58)37-27-21-17-13-11-15-19-25-34-48(61-43-40-55)32-23-9-7-5-2;1-7(13)17-5-8(14)10-11(15-2)9(6-18-10)16-4-3-12;/h18-19,24-25,28-29,46-49,53-55H,4-17,20-23,26-27,30-45H2,1-3H3;8-12,14H,3-6H2,1-2H3;1H4/b24-18+,25-19-,29-28+;;. The Kier molecular flexibility index (Phi) is 59.4. The molecule has 0 spiro atoms. The maximum atomic E-state index is 12.8. The van der Waals surface area contributed by atoms with Crippen molar-refractivity contribution in [2.75, 3.05) is 86.4 Å². The lowest BCUT2D eigenvalue weighted by Gasteiger charge is -2.24. The zero-order valence-corrected chi connectivity index (χ0v) is 51.3. The van der Waals surface area contributed by atoms with Crippen LogP contribution in [0.5, 0.6) is 0 Å². The maximum absolute atomic E-state index is 12.8. The maximum Gasteiger partial charge on any atom is 0.309 e. The average Bonchev–Trinajstić information content (AvgIpc) is 4.08. The van der Waals surface area contributed by atoms with Gasteiger partial charge in [-0.2, -0.15) is 0 Å². The van der Waals surface area contributed by atoms with Crippen molar-refractivity contribution in [1.82, 2.24) is 0 Å². The van der Waals surface area contributed by atoms with Gasteiger partial charge in [0.1, 0.15) is 44.2 Å². The number of ether oxygens (including phenoxy) is 10. The van der Waals surface area contributed by atoms with E-state index in [9.17, 15) is 24.3 Å². The molecule has 0 aromatic rings. The summed E-state index contributed by atoms with van der Waals surface area (Å²) in [5.74, 6) is -1.72. The number of aliphatic hydroxyl groups excluding tert-OH is 5. The summed E-state index contributed by atoms with van der Waals surface area (Å²) in [7, 11) is 1.49. The van der Waals surface area contributed by atoms with E-state index >= 15 is 0 Å². The molecule has 8 atom stereocenters. The van der Waals surface area contributed by atoms with Gasteiger partial charge in [-0.05, 0) is 77.6 Å². The zero-order valence-electron chi connectivity index (χ0n) is 51.3. The van der Waals surface area contributed by atoms with E-state index < -0.39 is 42.3 Å². The molecule has 0 saturated carbocycles. The van der Waals surface area contributed by atoms with E-state index in [0.717, 1.165) is 103 Å². The lowest BCUT2D eigenvalue weighted by atomic mass is 10.1. The van der Waals surface area contributed by atoms with Crippen molar-refractivity contribution >= 4 is 23.9 Å². The molecular formula is C64H118O19. The number of aliphatic hydroxyl groups is 5. The summed E-state index contributed by atoms with van der Waals surface area (Å²) in [5, 5.41) is 45.7. The summed E-state index contributed by atoms with van der Waals surface area (Å²) < 4.78 is 54.3. The van der Waals surface area contributed by atoms with Gasteiger partial charge < -0.3 is 72.9 Å². The van der Waals surface area contributed by atoms with Gasteiger partial charge in [0.25, 0.3) is 0 Å². The van der Waals surface area contributed by atoms with Crippen LogP contribution in [0.4, 0.5) is 0 Å². The van der Waals surface area contributed by atoms with Crippen LogP contribution in [0, 0.1) is 0 Å². The molecule has 1 rings (SSSR count). The molecule has 1 saturated heterocycles. The van der Waals surface area contributed by atoms with Crippen LogP contribution in [0.15, 0.2) is 36.5 Å². The number of carbonyl (C=O) groups is 4. The topological polar surface area (TPSA) is 262 Å². The first-order chi connectivity index (χ1) is 39.9. The van der Waals surface area contributed by atoms with Crippen LogP contribution < -0.4 is 0 Å². The third kappa shape index (κ3) is 50.5. The van der Waals surface area contributed by atoms with E-state index in [-0.39, 0.29) is 123 Å². The zero-order chi connectivity index (χ0) is 60.5. The molecule has 0 bridgehead atoms. The number of esters is 4. The number of methoxy groups -OCH3 is 1. The van der Waals surface area contributed by atoms with Gasteiger partial charge in [0.15, 0.2) is 6.10 Å². The van der Waals surface area contributed by atoms with Gasteiger partial charge in [0, 0.05) is 26.9 Å². The van der Waals surface area contributed by atoms with Crippen LogP contribution in [0.3, 0.4) is 0 Å². The average molecular weight is 1190 g/mol. The second-order valence-electron chi connectivity index (χ2n) is 21.0. The first-order valence-corrected chi connectivity index (χ1v) is 31.2. The molecule has 0 aromatic carbocycles. The molecule has 0 aliphatic carbocycles. The highest BCUT2D eigenvalue weighted by atomic mass is 16.6. The first-order valence-electron chi connectivity index (χ1n) is 31.2. The molecule has 1 heterocycles. The third-order valence-electron chi connectivity index (χ3n) is 13.5. The van der Waals surface area contributed by atoms with E-state index in [2.05, 4.69) is 38.2 Å². The molecule has 0 amide bonds. The molecule has 8 unspecified atom stereocenters. The molecule has 0 radical (unpaired) electrons. The van der Waals surface area contributed by atoms with Crippen molar-refractivity contribution in [2.45, 2.75) is 264 Å². The molecule has 1 aliphatic heterocycles. The third-order valence-corrected chi connectivity index (χ3v) is 13.5. The van der Waals surface area contributed by atoms with Crippen LogP contribution >= 0.6 is 0 Å². The van der Waals surface area contributed by atoms with Gasteiger partial charge in [0.2, 0.25) is 0 Å². The Labute approximate surface area is 500 Å². The summed E-state index contributed by atoms with van der Waals surface area (Å²) in [6, 6.07) is 0. The van der Waals surface area contributed by atoms with E-state index in [1.807, 2.05) is 13.0 Å². The molecular weight excluding hydrogens is 1070 g/mol. The molecule has 83 heavy (non-hydrogen) atoms. The summed E-state index contributed by atoms with van der Waals surface area (Å²) >= 11 is 0. The Hall–Kier alpha value is -3.34. The number of unbranched alkanes of at least 4 members (excludes halogenated alkanes) is 16. The SMILES string of the molecule is C.CCCCCCC(C/C=C\CCCCCCCC(=O)OC(COC(=O)C/C=C/CC(C)OCCO)COC(=O)CCCCCCC/C=C/CC(CCCCCC)OCCO)OCCO.COC1C(OCCO)COC1C(O)COC(C)=O. The van der Waals surface area contributed by atoms with Gasteiger partial charge in [0.05, 0.1) is 84.2 Å². The van der Waals surface area contributed by atoms with E-state index in [1.165, 1.54) is 52.6 Å². The molecule has 1 aliphatic rings. The van der Waals surface area contributed by atoms with Crippen molar-refractivity contribution in [2.24, 2.45) is 0 Å². The monoisotopic (exact) mass is 1190 g/mol. The Bertz CT molecular complexity index is 1580. The van der Waals surface area contributed by atoms with Crippen LogP contribution in [-0.2, 0) is 66.5 Å². The minimum absolute atomic E-state index is 0. The highest BCUT2D eigenvalue weighted by Crippen LogP contribution is 2.23.